The number of ether oxygens (including phenoxy) is 1. The molecule has 0 bridgehead atoms. The maximum atomic E-state index is 10.0. The SMILES string of the molecule is C1CCCC1.C1CCCC1.O=CC1CCCC1.OCCCOCC1CCCC1.[CH3-].[CH3-].[CH3-].[CH3-].[Fe+2].[Fe+2]. The van der Waals surface area contributed by atoms with Crippen molar-refractivity contribution in [3.8, 4) is 0 Å². The minimum absolute atomic E-state index is 0. The average molecular weight is 568 g/mol. The summed E-state index contributed by atoms with van der Waals surface area (Å²) >= 11 is 0. The Morgan fingerprint density at radius 1 is 0.618 bits per heavy atom. The van der Waals surface area contributed by atoms with Gasteiger partial charge in [-0.05, 0) is 38.0 Å². The van der Waals surface area contributed by atoms with Gasteiger partial charge in [0.05, 0.1) is 0 Å². The molecule has 3 nitrogen and oxygen atoms in total. The number of aliphatic hydroxyl groups is 1. The van der Waals surface area contributed by atoms with Gasteiger partial charge in [0.1, 0.15) is 6.29 Å². The van der Waals surface area contributed by atoms with Crippen molar-refractivity contribution in [2.45, 2.75) is 122 Å². The number of hydrogen-bond donors (Lipinski definition) is 1. The van der Waals surface area contributed by atoms with Crippen LogP contribution >= 0.6 is 0 Å². The van der Waals surface area contributed by atoms with Crippen LogP contribution in [-0.4, -0.2) is 31.2 Å². The third-order valence-corrected chi connectivity index (χ3v) is 6.37. The Morgan fingerprint density at radius 3 is 1.26 bits per heavy atom. The van der Waals surface area contributed by atoms with Gasteiger partial charge in [-0.2, -0.15) is 0 Å². The molecule has 4 aliphatic carbocycles. The Hall–Kier alpha value is 0.629. The van der Waals surface area contributed by atoms with Crippen molar-refractivity contribution >= 4 is 6.29 Å². The van der Waals surface area contributed by atoms with Gasteiger partial charge in [-0.3, -0.25) is 0 Å². The quantitative estimate of drug-likeness (QED) is 0.151. The second-order valence-electron chi connectivity index (χ2n) is 9.02. The zero-order chi connectivity index (χ0) is 20.1. The minimum Gasteiger partial charge on any atom is -0.396 e. The Balaban J connectivity index is -0.0000000758. The maximum Gasteiger partial charge on any atom is 2.00 e. The molecule has 0 atom stereocenters. The van der Waals surface area contributed by atoms with Crippen LogP contribution in [-0.2, 0) is 43.7 Å². The molecular weight excluding hydrogens is 508 g/mol. The molecule has 0 radical (unpaired) electrons. The second-order valence-corrected chi connectivity index (χ2v) is 9.02. The molecule has 0 aromatic heterocycles. The van der Waals surface area contributed by atoms with Crippen molar-refractivity contribution < 1.29 is 48.8 Å². The number of hydrogen-bond acceptors (Lipinski definition) is 3. The smallest absolute Gasteiger partial charge is 0.396 e. The van der Waals surface area contributed by atoms with Crippen LogP contribution in [0.2, 0.25) is 0 Å². The van der Waals surface area contributed by atoms with E-state index in [1.54, 1.807) is 0 Å². The van der Waals surface area contributed by atoms with Crippen LogP contribution < -0.4 is 0 Å². The summed E-state index contributed by atoms with van der Waals surface area (Å²) in [4.78, 5) is 10.0. The van der Waals surface area contributed by atoms with Gasteiger partial charge in [0.2, 0.25) is 0 Å². The zero-order valence-corrected chi connectivity index (χ0v) is 25.5. The molecule has 0 heterocycles. The van der Waals surface area contributed by atoms with E-state index in [-0.39, 0.29) is 70.5 Å². The zero-order valence-electron chi connectivity index (χ0n) is 23.3. The number of aliphatic hydroxyl groups excluding tert-OH is 1. The fraction of sp³-hybridized carbons (Fsp3) is 0.828. The number of rotatable bonds is 6. The van der Waals surface area contributed by atoms with Crippen molar-refractivity contribution in [2.75, 3.05) is 19.8 Å². The summed E-state index contributed by atoms with van der Waals surface area (Å²) < 4.78 is 5.40. The maximum absolute atomic E-state index is 10.0. The molecule has 0 unspecified atom stereocenters. The second kappa shape index (κ2) is 38.2. The standard InChI is InChI=1S/C9H18O2.C6H10O.2C5H10.4CH3.2Fe/c10-6-3-7-11-8-9-4-1-2-5-9;7-5-6-3-1-2-4-6;2*1-2-4-5-3-1;;;;;;/h9-10H,1-8H2;5-6H,1-4H2;2*1-5H2;4*1H3;;/q;;;;4*-1;2*+2. The molecule has 34 heavy (non-hydrogen) atoms. The van der Waals surface area contributed by atoms with Crippen molar-refractivity contribution in [1.29, 1.82) is 0 Å². The van der Waals surface area contributed by atoms with Gasteiger partial charge < -0.3 is 44.3 Å². The van der Waals surface area contributed by atoms with Crippen LogP contribution in [0.4, 0.5) is 0 Å². The molecule has 5 heteroatoms. The summed E-state index contributed by atoms with van der Waals surface area (Å²) in [7, 11) is 0. The van der Waals surface area contributed by atoms with Crippen molar-refractivity contribution in [1.82, 2.24) is 0 Å². The van der Waals surface area contributed by atoms with E-state index in [0.29, 0.717) is 5.92 Å². The van der Waals surface area contributed by atoms with Gasteiger partial charge >= 0.3 is 34.1 Å². The molecule has 4 aliphatic rings. The molecule has 0 spiro atoms. The topological polar surface area (TPSA) is 46.5 Å². The van der Waals surface area contributed by atoms with E-state index < -0.39 is 0 Å². The van der Waals surface area contributed by atoms with Crippen LogP contribution in [0.15, 0.2) is 0 Å². The normalized spacial score (nSPS) is 18.0. The first-order valence-corrected chi connectivity index (χ1v) is 12.5. The summed E-state index contributed by atoms with van der Waals surface area (Å²) in [5.74, 6) is 1.23. The fourth-order valence-corrected chi connectivity index (χ4v) is 4.45. The Bertz CT molecular complexity index is 298. The molecular formula is C29H60Fe2O3. The number of aldehydes is 1. The third kappa shape index (κ3) is 30.7. The first-order valence-electron chi connectivity index (χ1n) is 12.5. The van der Waals surface area contributed by atoms with Crippen LogP contribution in [0.5, 0.6) is 0 Å². The summed E-state index contributed by atoms with van der Waals surface area (Å²) in [6.45, 7) is 1.90. The van der Waals surface area contributed by atoms with E-state index >= 15 is 0 Å². The van der Waals surface area contributed by atoms with Crippen molar-refractivity contribution in [3.05, 3.63) is 29.7 Å². The molecule has 0 aromatic rings. The van der Waals surface area contributed by atoms with Crippen molar-refractivity contribution in [2.24, 2.45) is 11.8 Å². The van der Waals surface area contributed by atoms with Crippen molar-refractivity contribution in [3.63, 3.8) is 0 Å². The van der Waals surface area contributed by atoms with Crippen LogP contribution in [0.3, 0.4) is 0 Å². The molecule has 1 N–H and O–H groups in total. The minimum atomic E-state index is 0. The van der Waals surface area contributed by atoms with Gasteiger partial charge in [0, 0.05) is 25.7 Å². The van der Waals surface area contributed by atoms with Gasteiger partial charge in [0.15, 0.2) is 0 Å². The monoisotopic (exact) mass is 568 g/mol. The summed E-state index contributed by atoms with van der Waals surface area (Å²) in [6, 6.07) is 0. The molecule has 4 saturated carbocycles. The van der Waals surface area contributed by atoms with Crippen LogP contribution in [0, 0.1) is 41.5 Å². The summed E-state index contributed by atoms with van der Waals surface area (Å²) in [6.07, 6.45) is 27.2. The average Bonchev–Trinajstić information content (AvgIpc) is 3.57. The number of carbonyl (C=O) groups is 1. The van der Waals surface area contributed by atoms with Gasteiger partial charge in [-0.25, -0.2) is 0 Å². The third-order valence-electron chi connectivity index (χ3n) is 6.37. The first-order chi connectivity index (χ1) is 13.9. The molecule has 0 amide bonds. The largest absolute Gasteiger partial charge is 2.00 e. The predicted molar refractivity (Wildman–Crippen MR) is 144 cm³/mol. The summed E-state index contributed by atoms with van der Waals surface area (Å²) in [5, 5.41) is 8.48. The van der Waals surface area contributed by atoms with E-state index in [1.165, 1.54) is 103 Å². The molecule has 0 saturated heterocycles. The molecule has 0 aliphatic heterocycles. The molecule has 0 aromatic carbocycles. The summed E-state index contributed by atoms with van der Waals surface area (Å²) in [5.41, 5.74) is 0. The van der Waals surface area contributed by atoms with E-state index in [0.717, 1.165) is 44.7 Å². The van der Waals surface area contributed by atoms with Crippen LogP contribution in [0.25, 0.3) is 0 Å². The fourth-order valence-electron chi connectivity index (χ4n) is 4.45. The first kappa shape index (κ1) is 47.8. The Kier molecular flexibility index (Phi) is 53.6. The molecule has 4 rings (SSSR count). The number of carbonyl (C=O) groups excluding carboxylic acids is 1. The molecule has 4 fully saturated rings. The van der Waals surface area contributed by atoms with Gasteiger partial charge in [-0.15, -0.1) is 0 Å². The van der Waals surface area contributed by atoms with E-state index in [2.05, 4.69) is 0 Å². The Morgan fingerprint density at radius 2 is 0.971 bits per heavy atom. The van der Waals surface area contributed by atoms with E-state index in [4.69, 9.17) is 9.84 Å². The van der Waals surface area contributed by atoms with E-state index in [9.17, 15) is 4.79 Å². The Labute approximate surface area is 237 Å². The van der Waals surface area contributed by atoms with Crippen LogP contribution in [0.1, 0.15) is 122 Å². The van der Waals surface area contributed by atoms with Gasteiger partial charge in [-0.1, -0.05) is 89.9 Å². The predicted octanol–water partition coefficient (Wildman–Crippen LogP) is 8.65. The van der Waals surface area contributed by atoms with E-state index in [1.807, 2.05) is 0 Å². The molecule has 210 valence electrons. The van der Waals surface area contributed by atoms with Gasteiger partial charge in [0.25, 0.3) is 0 Å².